The number of aromatic nitrogens is 1. The molecule has 178 valence electrons. The molecular formula is C26H28ClN3O3S. The van der Waals surface area contributed by atoms with Gasteiger partial charge in [0.15, 0.2) is 5.13 Å². The third-order valence-electron chi connectivity index (χ3n) is 5.25. The zero-order chi connectivity index (χ0) is 23.4. The lowest BCUT2D eigenvalue weighted by molar-refractivity contribution is 0.0983. The Kier molecular flexibility index (Phi) is 8.50. The number of carbonyl (C=O) groups excluding carboxylic acids is 1. The second-order valence-electron chi connectivity index (χ2n) is 7.93. The van der Waals surface area contributed by atoms with Crippen LogP contribution in [0.4, 0.5) is 5.13 Å². The zero-order valence-electron chi connectivity index (χ0n) is 19.6. The first-order valence-electron chi connectivity index (χ1n) is 10.7. The van der Waals surface area contributed by atoms with Crippen molar-refractivity contribution in [3.63, 3.8) is 0 Å². The number of likely N-dealkylation sites (N-methyl/N-ethyl adjacent to an activating group) is 1. The highest BCUT2D eigenvalue weighted by atomic mass is 35.5. The molecule has 1 heterocycles. The molecule has 34 heavy (non-hydrogen) atoms. The van der Waals surface area contributed by atoms with Gasteiger partial charge in [0.1, 0.15) is 22.8 Å². The topological polar surface area (TPSA) is 54.9 Å². The van der Waals surface area contributed by atoms with E-state index in [1.807, 2.05) is 86.6 Å². The lowest BCUT2D eigenvalue weighted by Crippen LogP contribution is -2.36. The highest BCUT2D eigenvalue weighted by Crippen LogP contribution is 2.37. The summed E-state index contributed by atoms with van der Waals surface area (Å²) in [6.07, 6.45) is 0. The number of halogens is 1. The molecule has 0 aliphatic carbocycles. The van der Waals surface area contributed by atoms with Gasteiger partial charge in [-0.15, -0.1) is 12.4 Å². The Morgan fingerprint density at radius 1 is 0.941 bits per heavy atom. The molecule has 4 rings (SSSR count). The number of rotatable bonds is 8. The van der Waals surface area contributed by atoms with Crippen molar-refractivity contribution in [3.8, 4) is 17.2 Å². The molecule has 0 unspecified atom stereocenters. The number of ether oxygens (including phenoxy) is 2. The second kappa shape index (κ2) is 11.3. The maximum Gasteiger partial charge on any atom is 0.263 e. The summed E-state index contributed by atoms with van der Waals surface area (Å²) in [4.78, 5) is 22.5. The Labute approximate surface area is 210 Å². The minimum Gasteiger partial charge on any atom is -0.494 e. The van der Waals surface area contributed by atoms with E-state index in [0.717, 1.165) is 15.8 Å². The van der Waals surface area contributed by atoms with Gasteiger partial charge in [0.2, 0.25) is 0 Å². The van der Waals surface area contributed by atoms with E-state index >= 15 is 0 Å². The number of fused-ring (bicyclic) bond motifs is 1. The van der Waals surface area contributed by atoms with E-state index in [4.69, 9.17) is 14.5 Å². The van der Waals surface area contributed by atoms with Gasteiger partial charge in [0.25, 0.3) is 5.91 Å². The predicted molar refractivity (Wildman–Crippen MR) is 141 cm³/mol. The average molecular weight is 498 g/mol. The third kappa shape index (κ3) is 5.50. The van der Waals surface area contributed by atoms with E-state index in [-0.39, 0.29) is 18.3 Å². The SMILES string of the molecule is COc1ccc(C)c2sc(N(CCN(C)C)C(=O)c3ccccc3Oc3ccccc3)nc12.Cl. The van der Waals surface area contributed by atoms with Crippen LogP contribution in [0.1, 0.15) is 15.9 Å². The first-order valence-corrected chi connectivity index (χ1v) is 11.5. The molecule has 0 fully saturated rings. The summed E-state index contributed by atoms with van der Waals surface area (Å²) >= 11 is 1.50. The molecule has 0 aliphatic heterocycles. The molecule has 0 spiro atoms. The van der Waals surface area contributed by atoms with Crippen molar-refractivity contribution in [2.45, 2.75) is 6.92 Å². The van der Waals surface area contributed by atoms with Crippen molar-refractivity contribution >= 4 is 45.0 Å². The summed E-state index contributed by atoms with van der Waals surface area (Å²) in [6, 6.07) is 20.7. The second-order valence-corrected chi connectivity index (χ2v) is 8.91. The van der Waals surface area contributed by atoms with Gasteiger partial charge in [-0.3, -0.25) is 9.69 Å². The number of carbonyl (C=O) groups is 1. The fourth-order valence-corrected chi connectivity index (χ4v) is 4.53. The molecule has 0 bridgehead atoms. The highest BCUT2D eigenvalue weighted by molar-refractivity contribution is 7.22. The number of hydrogen-bond acceptors (Lipinski definition) is 6. The van der Waals surface area contributed by atoms with Crippen molar-refractivity contribution in [2.75, 3.05) is 39.2 Å². The van der Waals surface area contributed by atoms with Gasteiger partial charge in [-0.05, 0) is 56.9 Å². The molecule has 6 nitrogen and oxygen atoms in total. The highest BCUT2D eigenvalue weighted by Gasteiger charge is 2.25. The Morgan fingerprint density at radius 3 is 2.35 bits per heavy atom. The molecule has 0 saturated heterocycles. The van der Waals surface area contributed by atoms with E-state index in [1.54, 1.807) is 18.1 Å². The van der Waals surface area contributed by atoms with Crippen LogP contribution < -0.4 is 14.4 Å². The van der Waals surface area contributed by atoms with E-state index < -0.39 is 0 Å². The summed E-state index contributed by atoms with van der Waals surface area (Å²) in [5, 5.41) is 0.638. The van der Waals surface area contributed by atoms with Crippen molar-refractivity contribution in [2.24, 2.45) is 0 Å². The number of nitrogens with zero attached hydrogens (tertiary/aromatic N) is 3. The van der Waals surface area contributed by atoms with Crippen molar-refractivity contribution in [3.05, 3.63) is 77.9 Å². The number of hydrogen-bond donors (Lipinski definition) is 0. The Balaban J connectivity index is 0.00000324. The minimum atomic E-state index is -0.154. The summed E-state index contributed by atoms with van der Waals surface area (Å²) < 4.78 is 12.6. The fraction of sp³-hybridized carbons (Fsp3) is 0.231. The molecule has 0 atom stereocenters. The quantitative estimate of drug-likeness (QED) is 0.297. The van der Waals surface area contributed by atoms with Gasteiger partial charge in [-0.25, -0.2) is 4.98 Å². The van der Waals surface area contributed by atoms with Crippen LogP contribution in [0.5, 0.6) is 17.2 Å². The maximum absolute atomic E-state index is 13.8. The van der Waals surface area contributed by atoms with E-state index in [9.17, 15) is 4.79 Å². The fourth-order valence-electron chi connectivity index (χ4n) is 3.46. The van der Waals surface area contributed by atoms with Crippen molar-refractivity contribution < 1.29 is 14.3 Å². The van der Waals surface area contributed by atoms with Crippen LogP contribution in [-0.2, 0) is 0 Å². The molecule has 1 aromatic heterocycles. The average Bonchev–Trinajstić information content (AvgIpc) is 3.26. The molecule has 0 saturated carbocycles. The van der Waals surface area contributed by atoms with Gasteiger partial charge in [0, 0.05) is 13.1 Å². The van der Waals surface area contributed by atoms with E-state index in [2.05, 4.69) is 0 Å². The van der Waals surface area contributed by atoms with E-state index in [0.29, 0.717) is 41.0 Å². The predicted octanol–water partition coefficient (Wildman–Crippen LogP) is 6.04. The lowest BCUT2D eigenvalue weighted by Gasteiger charge is -2.23. The van der Waals surface area contributed by atoms with Crippen LogP contribution in [0, 0.1) is 6.92 Å². The van der Waals surface area contributed by atoms with Crippen LogP contribution in [0.2, 0.25) is 0 Å². The smallest absolute Gasteiger partial charge is 0.263 e. The van der Waals surface area contributed by atoms with Crippen molar-refractivity contribution in [1.29, 1.82) is 0 Å². The number of thiazole rings is 1. The Morgan fingerprint density at radius 2 is 1.65 bits per heavy atom. The minimum absolute atomic E-state index is 0. The van der Waals surface area contributed by atoms with Gasteiger partial charge in [-0.2, -0.15) is 0 Å². The van der Waals surface area contributed by atoms with Gasteiger partial charge < -0.3 is 14.4 Å². The summed E-state index contributed by atoms with van der Waals surface area (Å²) in [5.41, 5.74) is 2.36. The van der Waals surface area contributed by atoms with Gasteiger partial charge in [-0.1, -0.05) is 47.7 Å². The number of benzene rings is 3. The van der Waals surface area contributed by atoms with Gasteiger partial charge >= 0.3 is 0 Å². The standard InChI is InChI=1S/C26H27N3O3S.ClH/c1-18-14-15-22(31-4)23-24(18)33-26(27-23)29(17-16-28(2)3)25(30)20-12-8-9-13-21(20)32-19-10-6-5-7-11-19;/h5-15H,16-17H2,1-4H3;1H. The summed E-state index contributed by atoms with van der Waals surface area (Å²) in [6.45, 7) is 3.23. The normalized spacial score (nSPS) is 10.7. The van der Waals surface area contributed by atoms with Gasteiger partial charge in [0.05, 0.1) is 17.4 Å². The molecule has 0 radical (unpaired) electrons. The first kappa shape index (κ1) is 25.5. The first-order chi connectivity index (χ1) is 16.0. The zero-order valence-corrected chi connectivity index (χ0v) is 21.3. The monoisotopic (exact) mass is 497 g/mol. The molecule has 8 heteroatoms. The third-order valence-corrected chi connectivity index (χ3v) is 6.46. The molecule has 4 aromatic rings. The number of aryl methyl sites for hydroxylation is 1. The molecule has 1 amide bonds. The number of anilines is 1. The van der Waals surface area contributed by atoms with Crippen molar-refractivity contribution in [1.82, 2.24) is 9.88 Å². The molecule has 0 N–H and O–H groups in total. The Hall–Kier alpha value is -3.13. The Bertz CT molecular complexity index is 1260. The molecule has 0 aliphatic rings. The van der Waals surface area contributed by atoms with Crippen LogP contribution in [0.3, 0.4) is 0 Å². The lowest BCUT2D eigenvalue weighted by atomic mass is 10.1. The molecular weight excluding hydrogens is 470 g/mol. The van der Waals surface area contributed by atoms with E-state index in [1.165, 1.54) is 11.3 Å². The van der Waals surface area contributed by atoms with Crippen LogP contribution in [-0.4, -0.2) is 50.1 Å². The summed E-state index contributed by atoms with van der Waals surface area (Å²) in [7, 11) is 5.61. The number of para-hydroxylation sites is 2. The summed E-state index contributed by atoms with van der Waals surface area (Å²) in [5.74, 6) is 1.74. The number of methoxy groups -OCH3 is 1. The maximum atomic E-state index is 13.8. The van der Waals surface area contributed by atoms with Crippen LogP contribution in [0.25, 0.3) is 10.2 Å². The van der Waals surface area contributed by atoms with Crippen LogP contribution in [0.15, 0.2) is 66.7 Å². The number of amides is 1. The molecule has 3 aromatic carbocycles. The van der Waals surface area contributed by atoms with Crippen LogP contribution >= 0.6 is 23.7 Å². The largest absolute Gasteiger partial charge is 0.494 e.